The Morgan fingerprint density at radius 2 is 1.23 bits per heavy atom. The van der Waals surface area contributed by atoms with Gasteiger partial charge in [0, 0.05) is 0 Å². The maximum absolute atomic E-state index is 9.14. The summed E-state index contributed by atoms with van der Waals surface area (Å²) < 4.78 is 0. The van der Waals surface area contributed by atoms with Crippen molar-refractivity contribution in [3.63, 3.8) is 0 Å². The first-order chi connectivity index (χ1) is 5.75. The minimum atomic E-state index is 0. The Bertz CT molecular complexity index is 395. The zero-order valence-corrected chi connectivity index (χ0v) is 10.5. The molecule has 0 radical (unpaired) electrons. The Labute approximate surface area is 120 Å². The van der Waals surface area contributed by atoms with E-state index in [0.29, 0.717) is 0 Å². The molecule has 0 spiro atoms. The van der Waals surface area contributed by atoms with Crippen LogP contribution in [0.5, 0.6) is 11.5 Å². The van der Waals surface area contributed by atoms with Gasteiger partial charge < -0.3 is 11.6 Å². The van der Waals surface area contributed by atoms with Crippen molar-refractivity contribution in [2.45, 2.75) is 0 Å². The molecule has 62 valence electrons. The second-order valence-electron chi connectivity index (χ2n) is 2.72. The number of aromatic hydroxyl groups is 2. The molecule has 0 atom stereocenters. The van der Waals surface area contributed by atoms with Crippen LogP contribution in [0.3, 0.4) is 0 Å². The van der Waals surface area contributed by atoms with Gasteiger partial charge in [-0.25, -0.2) is 0 Å². The van der Waals surface area contributed by atoms with Crippen LogP contribution in [0.2, 0.25) is 0 Å². The molecule has 0 unspecified atom stereocenters. The molecule has 2 N–H and O–H groups in total. The van der Waals surface area contributed by atoms with Crippen LogP contribution in [0, 0.1) is 0 Å². The van der Waals surface area contributed by atoms with Crippen LogP contribution in [0.1, 0.15) is 1.43 Å². The molecule has 2 aromatic rings. The largest absolute Gasteiger partial charge is 1.00 e. The number of hydrogen-bond donors (Lipinski definition) is 2. The molecule has 13 heavy (non-hydrogen) atoms. The van der Waals surface area contributed by atoms with Gasteiger partial charge in [-0.15, -0.1) is 0 Å². The average molecular weight is 200 g/mol. The molecule has 3 heteroatoms. The van der Waals surface area contributed by atoms with Crippen molar-refractivity contribution in [1.82, 2.24) is 0 Å². The molecule has 0 aromatic heterocycles. The Kier molecular flexibility index (Phi) is 3.76. The van der Waals surface area contributed by atoms with Crippen LogP contribution in [-0.2, 0) is 0 Å². The maximum atomic E-state index is 9.14. The van der Waals surface area contributed by atoms with Crippen LogP contribution >= 0.6 is 0 Å². The van der Waals surface area contributed by atoms with E-state index in [1.165, 1.54) is 0 Å². The number of phenolic OH excluding ortho intramolecular Hbond substituents is 2. The predicted octanol–water partition coefficient (Wildman–Crippen LogP) is -0.633. The summed E-state index contributed by atoms with van der Waals surface area (Å²) in [6.45, 7) is 0. The Balaban J connectivity index is 0.000000845. The fourth-order valence-corrected chi connectivity index (χ4v) is 1.22. The Morgan fingerprint density at radius 3 is 1.69 bits per heavy atom. The molecular formula is C10H9KO2. The van der Waals surface area contributed by atoms with Crippen molar-refractivity contribution >= 4 is 10.8 Å². The molecule has 0 aliphatic rings. The third-order valence-corrected chi connectivity index (χ3v) is 1.81. The van der Waals surface area contributed by atoms with E-state index in [1.54, 1.807) is 24.3 Å². The first-order valence-electron chi connectivity index (χ1n) is 3.67. The quantitative estimate of drug-likeness (QED) is 0.556. The summed E-state index contributed by atoms with van der Waals surface area (Å²) in [5.41, 5.74) is 0. The second-order valence-corrected chi connectivity index (χ2v) is 2.72. The number of fused-ring (bicyclic) bond motifs is 1. The second kappa shape index (κ2) is 4.44. The van der Waals surface area contributed by atoms with Gasteiger partial charge in [0.25, 0.3) is 0 Å². The van der Waals surface area contributed by atoms with Crippen LogP contribution in [0.15, 0.2) is 36.4 Å². The minimum Gasteiger partial charge on any atom is -1.00 e. The number of hydrogen-bond acceptors (Lipinski definition) is 2. The molecule has 0 saturated heterocycles. The van der Waals surface area contributed by atoms with E-state index in [1.807, 2.05) is 12.1 Å². The van der Waals surface area contributed by atoms with E-state index in [9.17, 15) is 0 Å². The van der Waals surface area contributed by atoms with Crippen molar-refractivity contribution in [3.8, 4) is 11.5 Å². The molecule has 2 nitrogen and oxygen atoms in total. The maximum Gasteiger partial charge on any atom is 1.00 e. The van der Waals surface area contributed by atoms with Crippen molar-refractivity contribution in [2.75, 3.05) is 0 Å². The number of phenols is 2. The van der Waals surface area contributed by atoms with Crippen molar-refractivity contribution < 1.29 is 63.0 Å². The average Bonchev–Trinajstić information content (AvgIpc) is 2.03. The van der Waals surface area contributed by atoms with E-state index in [4.69, 9.17) is 10.2 Å². The van der Waals surface area contributed by atoms with Gasteiger partial charge in [-0.2, -0.15) is 0 Å². The molecule has 2 rings (SSSR count). The van der Waals surface area contributed by atoms with Gasteiger partial charge >= 0.3 is 51.4 Å². The summed E-state index contributed by atoms with van der Waals surface area (Å²) in [6.07, 6.45) is 0. The Morgan fingerprint density at radius 1 is 0.769 bits per heavy atom. The Hall–Kier alpha value is -0.0636. The SMILES string of the molecule is Oc1ccc2ccc(O)cc2c1.[H-].[K+]. The van der Waals surface area contributed by atoms with Gasteiger partial charge in [0.15, 0.2) is 0 Å². The molecule has 0 fully saturated rings. The van der Waals surface area contributed by atoms with Gasteiger partial charge in [0.1, 0.15) is 11.5 Å². The summed E-state index contributed by atoms with van der Waals surface area (Å²) in [7, 11) is 0. The zero-order chi connectivity index (χ0) is 8.55. The number of rotatable bonds is 0. The molecular weight excluding hydrogens is 191 g/mol. The molecule has 2 aromatic carbocycles. The third kappa shape index (κ3) is 2.45. The predicted molar refractivity (Wildman–Crippen MR) is 48.4 cm³/mol. The zero-order valence-electron chi connectivity index (χ0n) is 8.36. The standard InChI is InChI=1S/C10H8O2.K.H/c11-9-3-1-7-2-4-10(12)6-8(7)5-9;;/h1-6,11-12H;;/q;+1;-1. The monoisotopic (exact) mass is 200 g/mol. The molecule has 0 heterocycles. The summed E-state index contributed by atoms with van der Waals surface area (Å²) in [6, 6.07) is 10.1. The first kappa shape index (κ1) is 11.0. The van der Waals surface area contributed by atoms with Crippen LogP contribution in [-0.4, -0.2) is 10.2 Å². The van der Waals surface area contributed by atoms with Gasteiger partial charge in [-0.05, 0) is 35.0 Å². The van der Waals surface area contributed by atoms with E-state index < -0.39 is 0 Å². The van der Waals surface area contributed by atoms with Crippen LogP contribution in [0.25, 0.3) is 10.8 Å². The minimum absolute atomic E-state index is 0. The normalized spacial score (nSPS) is 9.54. The molecule has 0 bridgehead atoms. The van der Waals surface area contributed by atoms with Crippen molar-refractivity contribution in [1.29, 1.82) is 0 Å². The van der Waals surface area contributed by atoms with E-state index in [-0.39, 0.29) is 64.3 Å². The van der Waals surface area contributed by atoms with Crippen LogP contribution < -0.4 is 51.4 Å². The van der Waals surface area contributed by atoms with E-state index in [2.05, 4.69) is 0 Å². The van der Waals surface area contributed by atoms with Gasteiger partial charge in [-0.3, -0.25) is 0 Å². The van der Waals surface area contributed by atoms with Crippen LogP contribution in [0.4, 0.5) is 0 Å². The summed E-state index contributed by atoms with van der Waals surface area (Å²) in [5.74, 6) is 0.432. The smallest absolute Gasteiger partial charge is 1.00 e. The number of benzene rings is 2. The summed E-state index contributed by atoms with van der Waals surface area (Å²) >= 11 is 0. The first-order valence-corrected chi connectivity index (χ1v) is 3.67. The van der Waals surface area contributed by atoms with Crippen molar-refractivity contribution in [2.24, 2.45) is 0 Å². The third-order valence-electron chi connectivity index (χ3n) is 1.81. The van der Waals surface area contributed by atoms with E-state index in [0.717, 1.165) is 10.8 Å². The fourth-order valence-electron chi connectivity index (χ4n) is 1.22. The van der Waals surface area contributed by atoms with Gasteiger partial charge in [0.05, 0.1) is 0 Å². The summed E-state index contributed by atoms with van der Waals surface area (Å²) in [5, 5.41) is 20.1. The van der Waals surface area contributed by atoms with Crippen molar-refractivity contribution in [3.05, 3.63) is 36.4 Å². The fraction of sp³-hybridized carbons (Fsp3) is 0. The van der Waals surface area contributed by atoms with Gasteiger partial charge in [0.2, 0.25) is 0 Å². The molecule has 0 saturated carbocycles. The molecule has 0 aliphatic carbocycles. The molecule has 0 aliphatic heterocycles. The summed E-state index contributed by atoms with van der Waals surface area (Å²) in [4.78, 5) is 0. The van der Waals surface area contributed by atoms with Gasteiger partial charge in [-0.1, -0.05) is 12.1 Å². The molecule has 0 amide bonds. The van der Waals surface area contributed by atoms with E-state index >= 15 is 0 Å². The topological polar surface area (TPSA) is 40.5 Å².